The van der Waals surface area contributed by atoms with E-state index >= 15 is 0 Å². The van der Waals surface area contributed by atoms with Crippen molar-refractivity contribution in [2.24, 2.45) is 11.8 Å². The molecule has 2 aromatic rings. The highest BCUT2D eigenvalue weighted by atomic mass is 19.1. The van der Waals surface area contributed by atoms with Crippen LogP contribution in [0.5, 0.6) is 5.75 Å². The van der Waals surface area contributed by atoms with Crippen molar-refractivity contribution in [2.45, 2.75) is 45.2 Å². The minimum atomic E-state index is -1.16. The second kappa shape index (κ2) is 12.0. The third-order valence-electron chi connectivity index (χ3n) is 7.03. The summed E-state index contributed by atoms with van der Waals surface area (Å²) in [5, 5.41) is 5.81. The summed E-state index contributed by atoms with van der Waals surface area (Å²) < 4.78 is 19.9. The molecule has 2 saturated heterocycles. The fourth-order valence-corrected chi connectivity index (χ4v) is 5.08. The average Bonchev–Trinajstić information content (AvgIpc) is 2.88. The summed E-state index contributed by atoms with van der Waals surface area (Å²) in [6, 6.07) is 15.1. The van der Waals surface area contributed by atoms with E-state index in [2.05, 4.69) is 15.5 Å². The lowest BCUT2D eigenvalue weighted by atomic mass is 9.96. The zero-order valence-electron chi connectivity index (χ0n) is 21.4. The monoisotopic (exact) mass is 495 g/mol. The molecule has 0 spiro atoms. The van der Waals surface area contributed by atoms with Gasteiger partial charge < -0.3 is 15.0 Å². The number of ether oxygens (including phenoxy) is 1. The Morgan fingerprint density at radius 3 is 2.47 bits per heavy atom. The van der Waals surface area contributed by atoms with Gasteiger partial charge in [-0.15, -0.1) is 0 Å². The van der Waals surface area contributed by atoms with Crippen LogP contribution in [-0.4, -0.2) is 61.7 Å². The predicted octanol–water partition coefficient (Wildman–Crippen LogP) is 4.45. The highest BCUT2D eigenvalue weighted by Gasteiger charge is 2.26. The predicted molar refractivity (Wildman–Crippen MR) is 140 cm³/mol. The number of hydrogen-bond acceptors (Lipinski definition) is 5. The number of benzene rings is 2. The minimum Gasteiger partial charge on any atom is -0.493 e. The number of alkyl halides is 1. The summed E-state index contributed by atoms with van der Waals surface area (Å²) in [6.45, 7) is 7.71. The number of likely N-dealkylation sites (tertiary alicyclic amines) is 1. The molecule has 0 aliphatic carbocycles. The van der Waals surface area contributed by atoms with Gasteiger partial charge in [-0.25, -0.2) is 4.39 Å². The Bertz CT molecular complexity index is 1020. The molecule has 6 nitrogen and oxygen atoms in total. The first kappa shape index (κ1) is 26.3. The Kier molecular flexibility index (Phi) is 8.75. The van der Waals surface area contributed by atoms with Gasteiger partial charge in [-0.2, -0.15) is 0 Å². The third kappa shape index (κ3) is 7.37. The second-order valence-corrected chi connectivity index (χ2v) is 10.7. The molecule has 2 N–H and O–H groups in total. The smallest absolute Gasteiger partial charge is 0.258 e. The first-order valence-corrected chi connectivity index (χ1v) is 13.1. The largest absolute Gasteiger partial charge is 0.493 e. The Morgan fingerprint density at radius 1 is 1.08 bits per heavy atom. The molecule has 2 aromatic carbocycles. The van der Waals surface area contributed by atoms with Gasteiger partial charge >= 0.3 is 0 Å². The number of nitrogens with one attached hydrogen (secondary N) is 2. The fourth-order valence-electron chi connectivity index (χ4n) is 5.08. The van der Waals surface area contributed by atoms with Crippen LogP contribution in [-0.2, 0) is 4.79 Å². The number of carbonyl (C=O) groups is 2. The molecule has 2 amide bonds. The van der Waals surface area contributed by atoms with E-state index in [0.29, 0.717) is 31.2 Å². The van der Waals surface area contributed by atoms with Crippen LogP contribution in [0, 0.1) is 11.8 Å². The number of nitrogens with zero attached hydrogens (tertiary/aromatic N) is 1. The van der Waals surface area contributed by atoms with Crippen LogP contribution in [0.2, 0.25) is 0 Å². The van der Waals surface area contributed by atoms with Crippen LogP contribution < -0.4 is 15.4 Å². The van der Waals surface area contributed by atoms with Crippen LogP contribution in [0.3, 0.4) is 0 Å². The number of imide groups is 1. The highest BCUT2D eigenvalue weighted by molar-refractivity contribution is 6.08. The lowest BCUT2D eigenvalue weighted by Gasteiger charge is -2.34. The molecule has 194 valence electrons. The van der Waals surface area contributed by atoms with Gasteiger partial charge in [-0.1, -0.05) is 30.3 Å². The molecule has 2 heterocycles. The van der Waals surface area contributed by atoms with E-state index in [-0.39, 0.29) is 17.7 Å². The normalized spacial score (nSPS) is 19.6. The SMILES string of the molecule is CC(C)(F)CN1CCC(COc2ccc(-c3ccccc3C(=O)NC(=O)C3CCCNC3)cc2)CC1. The molecule has 36 heavy (non-hydrogen) atoms. The quantitative estimate of drug-likeness (QED) is 0.530. The maximum Gasteiger partial charge on any atom is 0.258 e. The van der Waals surface area contributed by atoms with Crippen LogP contribution in [0.15, 0.2) is 48.5 Å². The molecular weight excluding hydrogens is 457 g/mol. The Hall–Kier alpha value is -2.77. The second-order valence-electron chi connectivity index (χ2n) is 10.7. The summed E-state index contributed by atoms with van der Waals surface area (Å²) in [6.07, 6.45) is 3.75. The van der Waals surface area contributed by atoms with Gasteiger partial charge in [0.15, 0.2) is 0 Å². The molecule has 0 saturated carbocycles. The van der Waals surface area contributed by atoms with Crippen LogP contribution in [0.4, 0.5) is 4.39 Å². The van der Waals surface area contributed by atoms with Crippen molar-refractivity contribution < 1.29 is 18.7 Å². The van der Waals surface area contributed by atoms with E-state index in [1.165, 1.54) is 0 Å². The molecule has 0 bridgehead atoms. The van der Waals surface area contributed by atoms with E-state index in [1.807, 2.05) is 42.5 Å². The molecule has 1 unspecified atom stereocenters. The Labute approximate surface area is 213 Å². The lowest BCUT2D eigenvalue weighted by molar-refractivity contribution is -0.124. The zero-order valence-corrected chi connectivity index (χ0v) is 21.4. The number of piperidine rings is 2. The molecule has 0 aromatic heterocycles. The average molecular weight is 496 g/mol. The lowest BCUT2D eigenvalue weighted by Crippen LogP contribution is -2.42. The van der Waals surface area contributed by atoms with E-state index in [0.717, 1.165) is 62.2 Å². The molecule has 2 aliphatic rings. The van der Waals surface area contributed by atoms with Crippen molar-refractivity contribution in [2.75, 3.05) is 39.3 Å². The van der Waals surface area contributed by atoms with Crippen molar-refractivity contribution in [3.05, 3.63) is 54.1 Å². The van der Waals surface area contributed by atoms with Gasteiger partial charge in [0.2, 0.25) is 5.91 Å². The number of rotatable bonds is 8. The van der Waals surface area contributed by atoms with Crippen LogP contribution >= 0.6 is 0 Å². The van der Waals surface area contributed by atoms with Gasteiger partial charge in [0.1, 0.15) is 11.4 Å². The zero-order chi connectivity index (χ0) is 25.5. The summed E-state index contributed by atoms with van der Waals surface area (Å²) in [5.41, 5.74) is 0.986. The van der Waals surface area contributed by atoms with Gasteiger partial charge in [-0.3, -0.25) is 14.9 Å². The van der Waals surface area contributed by atoms with Gasteiger partial charge in [0.05, 0.1) is 12.5 Å². The maximum absolute atomic E-state index is 13.9. The Balaban J connectivity index is 1.32. The fraction of sp³-hybridized carbons (Fsp3) is 0.517. The van der Waals surface area contributed by atoms with Crippen molar-refractivity contribution >= 4 is 11.8 Å². The first-order valence-electron chi connectivity index (χ1n) is 13.1. The van der Waals surface area contributed by atoms with Crippen molar-refractivity contribution in [3.63, 3.8) is 0 Å². The molecule has 4 rings (SSSR count). The van der Waals surface area contributed by atoms with Crippen molar-refractivity contribution in [1.29, 1.82) is 0 Å². The molecule has 7 heteroatoms. The van der Waals surface area contributed by atoms with E-state index in [4.69, 9.17) is 4.74 Å². The molecule has 1 atom stereocenters. The summed E-state index contributed by atoms with van der Waals surface area (Å²) >= 11 is 0. The van der Waals surface area contributed by atoms with E-state index < -0.39 is 5.67 Å². The van der Waals surface area contributed by atoms with Gasteiger partial charge in [0, 0.05) is 18.7 Å². The molecule has 2 fully saturated rings. The molecule has 2 aliphatic heterocycles. The van der Waals surface area contributed by atoms with Gasteiger partial charge in [-0.05, 0) is 94.4 Å². The maximum atomic E-state index is 13.9. The van der Waals surface area contributed by atoms with Crippen molar-refractivity contribution in [3.8, 4) is 16.9 Å². The first-order chi connectivity index (χ1) is 17.3. The van der Waals surface area contributed by atoms with E-state index in [1.54, 1.807) is 19.9 Å². The number of carbonyl (C=O) groups excluding carboxylic acids is 2. The van der Waals surface area contributed by atoms with Crippen LogP contribution in [0.25, 0.3) is 11.1 Å². The van der Waals surface area contributed by atoms with Crippen LogP contribution in [0.1, 0.15) is 49.9 Å². The summed E-state index contributed by atoms with van der Waals surface area (Å²) in [4.78, 5) is 27.7. The summed E-state index contributed by atoms with van der Waals surface area (Å²) in [7, 11) is 0. The third-order valence-corrected chi connectivity index (χ3v) is 7.03. The molecule has 0 radical (unpaired) electrons. The Morgan fingerprint density at radius 2 is 1.81 bits per heavy atom. The van der Waals surface area contributed by atoms with Crippen molar-refractivity contribution in [1.82, 2.24) is 15.5 Å². The minimum absolute atomic E-state index is 0.172. The van der Waals surface area contributed by atoms with E-state index in [9.17, 15) is 14.0 Å². The highest BCUT2D eigenvalue weighted by Crippen LogP contribution is 2.27. The standard InChI is InChI=1S/C29H38FN3O3/c1-29(2,30)20-33-16-13-21(14-17-33)19-36-24-11-9-22(10-12-24)25-7-3-4-8-26(25)28(35)32-27(34)23-6-5-15-31-18-23/h3-4,7-12,21,23,31H,5-6,13-20H2,1-2H3,(H,32,34,35). The number of hydrogen-bond donors (Lipinski definition) is 2. The molecular formula is C29H38FN3O3. The number of amides is 2. The topological polar surface area (TPSA) is 70.7 Å². The van der Waals surface area contributed by atoms with Gasteiger partial charge in [0.25, 0.3) is 5.91 Å². The summed E-state index contributed by atoms with van der Waals surface area (Å²) in [5.74, 6) is 0.487. The number of halogens is 1.